The van der Waals surface area contributed by atoms with Crippen LogP contribution >= 0.6 is 0 Å². The first-order valence-electron chi connectivity index (χ1n) is 13.2. The van der Waals surface area contributed by atoms with Crippen LogP contribution in [0.25, 0.3) is 11.1 Å². The molecular weight excluding hydrogens is 499 g/mol. The molecule has 0 aromatic heterocycles. The van der Waals surface area contributed by atoms with Crippen molar-refractivity contribution in [1.82, 2.24) is 10.2 Å². The highest BCUT2D eigenvalue weighted by Crippen LogP contribution is 2.50. The number of carbonyl (C=O) groups excluding carboxylic acids is 3. The number of ether oxygens (including phenoxy) is 1. The Morgan fingerprint density at radius 2 is 1.85 bits per heavy atom. The molecule has 6 atom stereocenters. The molecule has 1 saturated heterocycles. The number of primary amides is 1. The molecule has 2 fully saturated rings. The van der Waals surface area contributed by atoms with Crippen LogP contribution in [0, 0.1) is 34.9 Å². The Balaban J connectivity index is 1.50. The van der Waals surface area contributed by atoms with E-state index in [1.54, 1.807) is 62.1 Å². The van der Waals surface area contributed by atoms with Gasteiger partial charge in [-0.25, -0.2) is 9.18 Å². The van der Waals surface area contributed by atoms with Crippen molar-refractivity contribution in [3.05, 3.63) is 59.4 Å². The monoisotopic (exact) mass is 534 g/mol. The molecule has 39 heavy (non-hydrogen) atoms. The highest BCUT2D eigenvalue weighted by Gasteiger charge is 2.58. The number of piperidine rings is 1. The van der Waals surface area contributed by atoms with Crippen molar-refractivity contribution < 1.29 is 23.5 Å². The fourth-order valence-corrected chi connectivity index (χ4v) is 5.88. The number of nitrogens with two attached hydrogens (primary N) is 1. The summed E-state index contributed by atoms with van der Waals surface area (Å²) in [5.74, 6) is -1.16. The van der Waals surface area contributed by atoms with Crippen LogP contribution in [0.5, 0.6) is 0 Å². The largest absolute Gasteiger partial charge is 0.444 e. The van der Waals surface area contributed by atoms with Gasteiger partial charge in [0.1, 0.15) is 23.5 Å². The number of rotatable bonds is 6. The number of likely N-dealkylation sites (tertiary alicyclic amines) is 1. The smallest absolute Gasteiger partial charge is 0.411 e. The van der Waals surface area contributed by atoms with E-state index in [1.807, 2.05) is 0 Å². The number of nitrogens with one attached hydrogen (secondary N) is 1. The second-order valence-electron chi connectivity index (χ2n) is 11.7. The molecule has 1 saturated carbocycles. The van der Waals surface area contributed by atoms with Gasteiger partial charge in [-0.15, -0.1) is 0 Å². The Bertz CT molecular complexity index is 1330. The average molecular weight is 535 g/mol. The minimum absolute atomic E-state index is 0.0467. The van der Waals surface area contributed by atoms with Crippen molar-refractivity contribution in [3.8, 4) is 17.2 Å². The van der Waals surface area contributed by atoms with E-state index in [0.29, 0.717) is 23.1 Å². The molecule has 9 heteroatoms. The summed E-state index contributed by atoms with van der Waals surface area (Å²) in [6.45, 7) is 9.50. The minimum atomic E-state index is -0.997. The molecule has 3 amide bonds. The molecule has 3 N–H and O–H groups in total. The maximum Gasteiger partial charge on any atom is 0.411 e. The van der Waals surface area contributed by atoms with Gasteiger partial charge >= 0.3 is 6.09 Å². The molecule has 1 aliphatic heterocycles. The first-order valence-corrected chi connectivity index (χ1v) is 13.2. The van der Waals surface area contributed by atoms with Crippen LogP contribution < -0.4 is 11.1 Å². The number of nitriles is 1. The van der Waals surface area contributed by atoms with E-state index in [9.17, 15) is 19.6 Å². The van der Waals surface area contributed by atoms with Crippen molar-refractivity contribution in [2.45, 2.75) is 71.2 Å². The van der Waals surface area contributed by atoms with Crippen molar-refractivity contribution in [2.75, 3.05) is 0 Å². The van der Waals surface area contributed by atoms with Gasteiger partial charge in [-0.1, -0.05) is 38.1 Å². The lowest BCUT2D eigenvalue weighted by Crippen LogP contribution is -2.58. The highest BCUT2D eigenvalue weighted by atomic mass is 19.1. The van der Waals surface area contributed by atoms with Crippen LogP contribution in [0.2, 0.25) is 0 Å². The van der Waals surface area contributed by atoms with Crippen LogP contribution in [-0.2, 0) is 16.0 Å². The van der Waals surface area contributed by atoms with Gasteiger partial charge < -0.3 is 15.8 Å². The lowest BCUT2D eigenvalue weighted by molar-refractivity contribution is -0.130. The van der Waals surface area contributed by atoms with Gasteiger partial charge in [-0.2, -0.15) is 5.26 Å². The Hall–Kier alpha value is -3.93. The van der Waals surface area contributed by atoms with E-state index < -0.39 is 41.4 Å². The Kier molecular flexibility index (Phi) is 7.69. The van der Waals surface area contributed by atoms with Gasteiger partial charge in [0.2, 0.25) is 11.8 Å². The van der Waals surface area contributed by atoms with Crippen molar-refractivity contribution >= 4 is 17.9 Å². The molecule has 2 aromatic rings. The van der Waals surface area contributed by atoms with Crippen LogP contribution in [0.15, 0.2) is 42.5 Å². The van der Waals surface area contributed by atoms with Gasteiger partial charge in [0.05, 0.1) is 6.07 Å². The lowest BCUT2D eigenvalue weighted by atomic mass is 9.83. The van der Waals surface area contributed by atoms with E-state index in [-0.39, 0.29) is 35.8 Å². The maximum atomic E-state index is 15.1. The fraction of sp³-hybridized carbons (Fsp3) is 0.467. The molecule has 0 spiro atoms. The predicted molar refractivity (Wildman–Crippen MR) is 144 cm³/mol. The minimum Gasteiger partial charge on any atom is -0.444 e. The first kappa shape index (κ1) is 28.1. The van der Waals surface area contributed by atoms with Crippen molar-refractivity contribution in [1.29, 1.82) is 5.26 Å². The number of amides is 3. The van der Waals surface area contributed by atoms with Crippen molar-refractivity contribution in [3.63, 3.8) is 0 Å². The zero-order valence-corrected chi connectivity index (χ0v) is 22.9. The molecule has 2 bridgehead atoms. The Morgan fingerprint density at radius 1 is 1.15 bits per heavy atom. The number of carbonyl (C=O) groups is 3. The molecule has 0 radical (unpaired) electrons. The fourth-order valence-electron chi connectivity index (χ4n) is 5.88. The summed E-state index contributed by atoms with van der Waals surface area (Å²) in [5.41, 5.74) is 6.39. The number of hydrogen-bond donors (Lipinski definition) is 2. The van der Waals surface area contributed by atoms with Crippen LogP contribution in [0.4, 0.5) is 9.18 Å². The molecule has 2 aromatic carbocycles. The summed E-state index contributed by atoms with van der Waals surface area (Å²) in [7, 11) is 0. The van der Waals surface area contributed by atoms with Gasteiger partial charge in [0.25, 0.3) is 0 Å². The number of hydrogen-bond acceptors (Lipinski definition) is 5. The van der Waals surface area contributed by atoms with Gasteiger partial charge in [0.15, 0.2) is 0 Å². The summed E-state index contributed by atoms with van der Waals surface area (Å²) in [4.78, 5) is 39.6. The van der Waals surface area contributed by atoms with Crippen LogP contribution in [0.3, 0.4) is 0 Å². The summed E-state index contributed by atoms with van der Waals surface area (Å²) < 4.78 is 20.7. The first-order chi connectivity index (χ1) is 18.3. The molecular formula is C30H35FN4O4. The maximum absolute atomic E-state index is 15.1. The number of nitrogens with zero attached hydrogens (tertiary/aromatic N) is 2. The number of benzene rings is 2. The third kappa shape index (κ3) is 5.75. The second-order valence-corrected chi connectivity index (χ2v) is 11.7. The molecule has 0 unspecified atom stereocenters. The van der Waals surface area contributed by atoms with E-state index in [0.717, 1.165) is 0 Å². The van der Waals surface area contributed by atoms with E-state index >= 15 is 4.39 Å². The topological polar surface area (TPSA) is 126 Å². The van der Waals surface area contributed by atoms with E-state index in [4.69, 9.17) is 10.5 Å². The zero-order valence-electron chi connectivity index (χ0n) is 22.9. The number of halogens is 1. The third-order valence-corrected chi connectivity index (χ3v) is 7.99. The van der Waals surface area contributed by atoms with E-state index in [2.05, 4.69) is 25.2 Å². The highest BCUT2D eigenvalue weighted by molar-refractivity contribution is 5.94. The normalized spacial score (nSPS) is 24.6. The van der Waals surface area contributed by atoms with Gasteiger partial charge in [0, 0.05) is 18.0 Å². The third-order valence-electron chi connectivity index (χ3n) is 7.99. The van der Waals surface area contributed by atoms with Crippen LogP contribution in [-0.4, -0.2) is 46.5 Å². The summed E-state index contributed by atoms with van der Waals surface area (Å²) >= 11 is 0. The number of fused-ring (bicyclic) bond motifs is 2. The molecule has 4 rings (SSSR count). The lowest BCUT2D eigenvalue weighted by Gasteiger charge is -2.41. The van der Waals surface area contributed by atoms with Crippen LogP contribution in [0.1, 0.15) is 57.0 Å². The summed E-state index contributed by atoms with van der Waals surface area (Å²) in [6, 6.07) is 11.4. The molecule has 206 valence electrons. The standard InChI is InChI=1S/C30H35FN4O4/c1-16-17(2)25-14-23(16)26(35(25)29(38)39-30(3,4)5)28(37)34-22(15-32)12-20-10-9-19(13-24(20)31)18-7-6-8-21(11-18)27(33)36/h6-11,13,16-17,22-23,25-26H,12,14H2,1-5H3,(H2,33,36)(H,34,37)/t16-,17+,22+,23+,25+,26+/m1/s1. The summed E-state index contributed by atoms with van der Waals surface area (Å²) in [6.07, 6.45) is 0.114. The Morgan fingerprint density at radius 3 is 2.46 bits per heavy atom. The SMILES string of the molecule is C[C@@H]1[C@H](C)[C@@H]2C[C@@H]1[C@@H](C(=O)N[C@H](C#N)Cc1ccc(-c3cccc(C(N)=O)c3)cc1F)N2C(=O)OC(C)(C)C. The van der Waals surface area contributed by atoms with E-state index in [1.165, 1.54) is 6.07 Å². The summed E-state index contributed by atoms with van der Waals surface area (Å²) in [5, 5.41) is 12.6. The molecule has 1 aliphatic carbocycles. The van der Waals surface area contributed by atoms with Gasteiger partial charge in [-0.3, -0.25) is 14.5 Å². The zero-order chi connectivity index (χ0) is 28.6. The molecule has 8 nitrogen and oxygen atoms in total. The van der Waals surface area contributed by atoms with Gasteiger partial charge in [-0.05, 0) is 79.8 Å². The molecule has 2 aliphatic rings. The predicted octanol–water partition coefficient (Wildman–Crippen LogP) is 4.42. The average Bonchev–Trinajstić information content (AvgIpc) is 3.40. The quantitative estimate of drug-likeness (QED) is 0.567. The second kappa shape index (κ2) is 10.7. The van der Waals surface area contributed by atoms with Crippen molar-refractivity contribution in [2.24, 2.45) is 23.5 Å². The molecule has 1 heterocycles. The Labute approximate surface area is 228 Å².